The fourth-order valence-corrected chi connectivity index (χ4v) is 3.36. The number of nitrogens with one attached hydrogen (secondary N) is 3. The number of rotatable bonds is 6. The molecule has 2 aliphatic rings. The third-order valence-corrected chi connectivity index (χ3v) is 4.93. The molecular formula is C19H29N7O2. The zero-order chi connectivity index (χ0) is 19.9. The van der Waals surface area contributed by atoms with E-state index in [0.717, 1.165) is 44.3 Å². The Morgan fingerprint density at radius 3 is 2.71 bits per heavy atom. The third kappa shape index (κ3) is 5.11. The molecule has 152 valence electrons. The highest BCUT2D eigenvalue weighted by atomic mass is 16.2. The summed E-state index contributed by atoms with van der Waals surface area (Å²) in [6.07, 6.45) is 3.89. The number of carbonyl (C=O) groups is 2. The molecule has 28 heavy (non-hydrogen) atoms. The minimum absolute atomic E-state index is 0.0786. The van der Waals surface area contributed by atoms with Gasteiger partial charge in [0.1, 0.15) is 5.82 Å². The van der Waals surface area contributed by atoms with Gasteiger partial charge in [-0.2, -0.15) is 0 Å². The van der Waals surface area contributed by atoms with Gasteiger partial charge in [0.05, 0.1) is 19.6 Å². The van der Waals surface area contributed by atoms with Crippen molar-refractivity contribution in [3.05, 3.63) is 23.9 Å². The van der Waals surface area contributed by atoms with Crippen LogP contribution in [0, 0.1) is 6.92 Å². The van der Waals surface area contributed by atoms with E-state index in [1.165, 1.54) is 10.5 Å². The second-order valence-corrected chi connectivity index (χ2v) is 7.06. The molecule has 1 aromatic rings. The second kappa shape index (κ2) is 9.38. The fraction of sp³-hybridized carbons (Fsp3) is 0.579. The standard InChI is InChI=1S/C19H29N7O2/c1-3-20-18(21-8-11-26-17(27)13-23-19(26)28)24-15-6-9-25(10-7-15)16-5-4-14(2)12-22-16/h4-5,12,15H,3,6-11,13H2,1-2H3,(H,23,28)(H2,20,21,24). The molecule has 1 aromatic heterocycles. The third-order valence-electron chi connectivity index (χ3n) is 4.93. The zero-order valence-corrected chi connectivity index (χ0v) is 16.6. The maximum absolute atomic E-state index is 11.6. The minimum atomic E-state index is -0.338. The number of aliphatic imine (C=N–C) groups is 1. The molecule has 0 aliphatic carbocycles. The lowest BCUT2D eigenvalue weighted by atomic mass is 10.1. The summed E-state index contributed by atoms with van der Waals surface area (Å²) in [6, 6.07) is 4.16. The highest BCUT2D eigenvalue weighted by Crippen LogP contribution is 2.18. The first kappa shape index (κ1) is 19.9. The number of anilines is 1. The first-order chi connectivity index (χ1) is 13.6. The minimum Gasteiger partial charge on any atom is -0.357 e. The first-order valence-corrected chi connectivity index (χ1v) is 9.87. The Balaban J connectivity index is 1.48. The number of pyridine rings is 1. The van der Waals surface area contributed by atoms with E-state index >= 15 is 0 Å². The van der Waals surface area contributed by atoms with Gasteiger partial charge in [-0.05, 0) is 38.3 Å². The van der Waals surface area contributed by atoms with Gasteiger partial charge in [-0.25, -0.2) is 9.78 Å². The van der Waals surface area contributed by atoms with Gasteiger partial charge in [0.25, 0.3) is 0 Å². The van der Waals surface area contributed by atoms with Crippen LogP contribution in [0.3, 0.4) is 0 Å². The van der Waals surface area contributed by atoms with Crippen LogP contribution in [0.4, 0.5) is 10.6 Å². The smallest absolute Gasteiger partial charge is 0.324 e. The van der Waals surface area contributed by atoms with E-state index in [2.05, 4.69) is 43.0 Å². The van der Waals surface area contributed by atoms with Crippen molar-refractivity contribution in [2.45, 2.75) is 32.7 Å². The van der Waals surface area contributed by atoms with Gasteiger partial charge in [-0.3, -0.25) is 14.7 Å². The van der Waals surface area contributed by atoms with Crippen LogP contribution in [0.15, 0.2) is 23.3 Å². The molecule has 3 N–H and O–H groups in total. The highest BCUT2D eigenvalue weighted by molar-refractivity contribution is 6.01. The van der Waals surface area contributed by atoms with Crippen molar-refractivity contribution in [3.63, 3.8) is 0 Å². The predicted molar refractivity (Wildman–Crippen MR) is 108 cm³/mol. The van der Waals surface area contributed by atoms with Crippen molar-refractivity contribution in [1.82, 2.24) is 25.8 Å². The molecule has 3 rings (SSSR count). The number of guanidine groups is 1. The molecule has 0 unspecified atom stereocenters. The number of amides is 3. The Morgan fingerprint density at radius 1 is 1.32 bits per heavy atom. The number of aryl methyl sites for hydroxylation is 1. The molecule has 9 heteroatoms. The van der Waals surface area contributed by atoms with Gasteiger partial charge in [0, 0.05) is 31.9 Å². The van der Waals surface area contributed by atoms with Gasteiger partial charge in [-0.15, -0.1) is 0 Å². The Labute approximate surface area is 165 Å². The van der Waals surface area contributed by atoms with Crippen LogP contribution in [-0.2, 0) is 4.79 Å². The normalized spacial score (nSPS) is 18.4. The molecule has 0 atom stereocenters. The fourth-order valence-electron chi connectivity index (χ4n) is 3.36. The number of hydrogen-bond donors (Lipinski definition) is 3. The van der Waals surface area contributed by atoms with E-state index in [4.69, 9.17) is 0 Å². The summed E-state index contributed by atoms with van der Waals surface area (Å²) in [7, 11) is 0. The number of piperidine rings is 1. The molecule has 0 saturated carbocycles. The predicted octanol–water partition coefficient (Wildman–Crippen LogP) is 0.466. The molecule has 0 bridgehead atoms. The lowest BCUT2D eigenvalue weighted by Crippen LogP contribution is -2.49. The Morgan fingerprint density at radius 2 is 2.11 bits per heavy atom. The molecule has 0 aromatic carbocycles. The Bertz CT molecular complexity index is 695. The second-order valence-electron chi connectivity index (χ2n) is 7.06. The molecule has 0 spiro atoms. The molecule has 9 nitrogen and oxygen atoms in total. The Hall–Kier alpha value is -2.84. The number of urea groups is 1. The molecule has 0 radical (unpaired) electrons. The molecule has 2 fully saturated rings. The van der Waals surface area contributed by atoms with Crippen molar-refractivity contribution in [3.8, 4) is 0 Å². The lowest BCUT2D eigenvalue weighted by molar-refractivity contribution is -0.124. The van der Waals surface area contributed by atoms with Crippen LogP contribution in [0.25, 0.3) is 0 Å². The highest BCUT2D eigenvalue weighted by Gasteiger charge is 2.27. The van der Waals surface area contributed by atoms with Crippen LogP contribution in [0.1, 0.15) is 25.3 Å². The van der Waals surface area contributed by atoms with Crippen LogP contribution >= 0.6 is 0 Å². The van der Waals surface area contributed by atoms with Crippen molar-refractivity contribution >= 4 is 23.7 Å². The maximum atomic E-state index is 11.6. The largest absolute Gasteiger partial charge is 0.357 e. The Kier molecular flexibility index (Phi) is 6.67. The number of carbonyl (C=O) groups excluding carboxylic acids is 2. The topological polar surface area (TPSA) is 102 Å². The number of hydrogen-bond acceptors (Lipinski definition) is 5. The van der Waals surface area contributed by atoms with E-state index in [9.17, 15) is 9.59 Å². The molecule has 2 aliphatic heterocycles. The van der Waals surface area contributed by atoms with Gasteiger partial charge in [0.2, 0.25) is 5.91 Å². The van der Waals surface area contributed by atoms with Crippen LogP contribution < -0.4 is 20.9 Å². The zero-order valence-electron chi connectivity index (χ0n) is 16.6. The molecule has 3 amide bonds. The summed E-state index contributed by atoms with van der Waals surface area (Å²) < 4.78 is 0. The van der Waals surface area contributed by atoms with Gasteiger partial charge < -0.3 is 20.9 Å². The summed E-state index contributed by atoms with van der Waals surface area (Å²) in [5, 5.41) is 9.23. The average molecular weight is 387 g/mol. The summed E-state index contributed by atoms with van der Waals surface area (Å²) in [5.74, 6) is 1.55. The van der Waals surface area contributed by atoms with Crippen molar-refractivity contribution in [2.75, 3.05) is 44.2 Å². The molecule has 3 heterocycles. The van der Waals surface area contributed by atoms with E-state index in [-0.39, 0.29) is 18.5 Å². The summed E-state index contributed by atoms with van der Waals surface area (Å²) in [6.45, 7) is 7.43. The number of nitrogens with zero attached hydrogens (tertiary/aromatic N) is 4. The van der Waals surface area contributed by atoms with E-state index < -0.39 is 0 Å². The molecule has 2 saturated heterocycles. The summed E-state index contributed by atoms with van der Waals surface area (Å²) >= 11 is 0. The van der Waals surface area contributed by atoms with Crippen molar-refractivity contribution in [2.24, 2.45) is 4.99 Å². The van der Waals surface area contributed by atoms with Crippen molar-refractivity contribution in [1.29, 1.82) is 0 Å². The van der Waals surface area contributed by atoms with Crippen LogP contribution in [0.5, 0.6) is 0 Å². The lowest BCUT2D eigenvalue weighted by Gasteiger charge is -2.33. The van der Waals surface area contributed by atoms with Gasteiger partial charge in [0.15, 0.2) is 5.96 Å². The van der Waals surface area contributed by atoms with E-state index in [1.807, 2.05) is 20.0 Å². The quantitative estimate of drug-likeness (QED) is 0.373. The monoisotopic (exact) mass is 387 g/mol. The maximum Gasteiger partial charge on any atom is 0.324 e. The SMILES string of the molecule is CCNC(=NCCN1C(=O)CNC1=O)NC1CCN(c2ccc(C)cn2)CC1. The average Bonchev–Trinajstić information content (AvgIpc) is 3.01. The number of imide groups is 1. The summed E-state index contributed by atoms with van der Waals surface area (Å²) in [5.41, 5.74) is 1.17. The number of aromatic nitrogens is 1. The first-order valence-electron chi connectivity index (χ1n) is 9.87. The van der Waals surface area contributed by atoms with E-state index in [1.54, 1.807) is 0 Å². The van der Waals surface area contributed by atoms with Gasteiger partial charge in [-0.1, -0.05) is 6.07 Å². The van der Waals surface area contributed by atoms with Crippen molar-refractivity contribution < 1.29 is 9.59 Å². The summed E-state index contributed by atoms with van der Waals surface area (Å²) in [4.78, 5) is 35.7. The van der Waals surface area contributed by atoms with Gasteiger partial charge >= 0.3 is 6.03 Å². The molecular weight excluding hydrogens is 358 g/mol. The van der Waals surface area contributed by atoms with Crippen LogP contribution in [-0.4, -0.2) is 73.1 Å². The van der Waals surface area contributed by atoms with E-state index in [0.29, 0.717) is 19.1 Å². The van der Waals surface area contributed by atoms with Crippen LogP contribution in [0.2, 0.25) is 0 Å².